The fourth-order valence-corrected chi connectivity index (χ4v) is 3.32. The Morgan fingerprint density at radius 2 is 1.81 bits per heavy atom. The number of carbonyl (C=O) groups is 3. The number of non-ortho nitro benzene ring substituents is 1. The Labute approximate surface area is 174 Å². The maximum absolute atomic E-state index is 14.6. The number of imide groups is 1. The van der Waals surface area contributed by atoms with Crippen molar-refractivity contribution >= 4 is 29.3 Å². The third kappa shape index (κ3) is 4.29. The van der Waals surface area contributed by atoms with Crippen LogP contribution in [-0.4, -0.2) is 33.4 Å². The van der Waals surface area contributed by atoms with Gasteiger partial charge in [0.15, 0.2) is 0 Å². The second-order valence-electron chi connectivity index (χ2n) is 6.72. The average Bonchev–Trinajstić information content (AvgIpc) is 2.67. The monoisotopic (exact) mass is 431 g/mol. The van der Waals surface area contributed by atoms with E-state index in [1.54, 1.807) is 0 Å². The summed E-state index contributed by atoms with van der Waals surface area (Å²) in [5, 5.41) is 10.7. The lowest BCUT2D eigenvalue weighted by Crippen LogP contribution is -2.50. The van der Waals surface area contributed by atoms with Gasteiger partial charge in [-0.05, 0) is 32.0 Å². The van der Waals surface area contributed by atoms with Crippen LogP contribution in [0.4, 0.5) is 24.1 Å². The summed E-state index contributed by atoms with van der Waals surface area (Å²) in [6.07, 6.45) is -1.28. The van der Waals surface area contributed by atoms with E-state index in [9.17, 15) is 33.3 Å². The Kier molecular flexibility index (Phi) is 5.86. The van der Waals surface area contributed by atoms with Crippen molar-refractivity contribution in [3.63, 3.8) is 0 Å². The van der Waals surface area contributed by atoms with Crippen molar-refractivity contribution in [1.82, 2.24) is 4.90 Å². The number of aliphatic imine (C=N–C) groups is 1. The Morgan fingerprint density at radius 1 is 1.16 bits per heavy atom. The summed E-state index contributed by atoms with van der Waals surface area (Å²) in [6, 6.07) is 4.40. The van der Waals surface area contributed by atoms with Gasteiger partial charge in [-0.2, -0.15) is 0 Å². The summed E-state index contributed by atoms with van der Waals surface area (Å²) < 4.78 is 33.1. The number of nitro groups is 1. The molecule has 3 amide bonds. The van der Waals surface area contributed by atoms with Crippen molar-refractivity contribution in [2.24, 2.45) is 10.9 Å². The summed E-state index contributed by atoms with van der Waals surface area (Å²) in [7, 11) is 0. The topological polar surface area (TPSA) is 119 Å². The number of amides is 3. The molecule has 2 atom stereocenters. The molecule has 0 bridgehead atoms. The number of carbonyl (C=O) groups excluding carboxylic acids is 3. The number of nitro benzene ring substituents is 1. The van der Waals surface area contributed by atoms with E-state index in [2.05, 4.69) is 4.99 Å². The van der Waals surface area contributed by atoms with Gasteiger partial charge in [-0.25, -0.2) is 28.3 Å². The summed E-state index contributed by atoms with van der Waals surface area (Å²) in [5.74, 6) is -3.76. The van der Waals surface area contributed by atoms with Crippen molar-refractivity contribution in [3.8, 4) is 5.75 Å². The van der Waals surface area contributed by atoms with Gasteiger partial charge < -0.3 is 4.74 Å². The Morgan fingerprint density at radius 3 is 2.35 bits per heavy atom. The minimum absolute atomic E-state index is 0.0608. The number of hydrogen-bond acceptors (Lipinski definition) is 6. The van der Waals surface area contributed by atoms with E-state index in [1.807, 2.05) is 0 Å². The van der Waals surface area contributed by atoms with Crippen LogP contribution in [0.3, 0.4) is 0 Å². The van der Waals surface area contributed by atoms with E-state index < -0.39 is 46.4 Å². The van der Waals surface area contributed by atoms with Gasteiger partial charge in [-0.1, -0.05) is 6.07 Å². The van der Waals surface area contributed by atoms with Gasteiger partial charge in [0.25, 0.3) is 5.69 Å². The van der Waals surface area contributed by atoms with Crippen LogP contribution < -0.4 is 4.74 Å². The zero-order chi connectivity index (χ0) is 22.9. The molecule has 3 rings (SSSR count). The first-order chi connectivity index (χ1) is 14.6. The van der Waals surface area contributed by atoms with Crippen LogP contribution in [0.2, 0.25) is 0 Å². The van der Waals surface area contributed by atoms with Crippen LogP contribution in [0.25, 0.3) is 0 Å². The second kappa shape index (κ2) is 8.38. The molecule has 0 radical (unpaired) electrons. The summed E-state index contributed by atoms with van der Waals surface area (Å²) >= 11 is 0. The smallest absolute Gasteiger partial charge is 0.410 e. The molecule has 2 aromatic carbocycles. The quantitative estimate of drug-likeness (QED) is 0.528. The third-order valence-electron chi connectivity index (χ3n) is 4.69. The van der Waals surface area contributed by atoms with Gasteiger partial charge in [-0.15, -0.1) is 0 Å². The predicted octanol–water partition coefficient (Wildman–Crippen LogP) is 4.21. The van der Waals surface area contributed by atoms with Crippen LogP contribution in [0, 0.1) is 27.7 Å². The summed E-state index contributed by atoms with van der Waals surface area (Å²) in [5.41, 5.74) is -0.465. The highest BCUT2D eigenvalue weighted by Crippen LogP contribution is 2.37. The number of rotatable bonds is 4. The molecule has 0 saturated carbocycles. The fraction of sp³-hybridized carbons (Fsp3) is 0.200. The maximum atomic E-state index is 14.6. The van der Waals surface area contributed by atoms with Crippen molar-refractivity contribution in [1.29, 1.82) is 0 Å². The molecule has 1 aliphatic heterocycles. The Balaban J connectivity index is 2.03. The van der Waals surface area contributed by atoms with Gasteiger partial charge in [0, 0.05) is 29.5 Å². The fourth-order valence-electron chi connectivity index (χ4n) is 3.32. The van der Waals surface area contributed by atoms with Gasteiger partial charge in [0.2, 0.25) is 0 Å². The molecular weight excluding hydrogens is 416 g/mol. The lowest BCUT2D eigenvalue weighted by atomic mass is 9.84. The standard InChI is InChI=1S/C20H15F2N3O6/c1-10-17(11(2)26)18(15-8-3-12(21)9-16(15)22)24(19(27)23-10)20(28)31-14-6-4-13(5-7-14)25(29)30/h3-9,17-18H,1-2H3. The van der Waals surface area contributed by atoms with Gasteiger partial charge >= 0.3 is 12.1 Å². The lowest BCUT2D eigenvalue weighted by Gasteiger charge is -2.36. The molecule has 0 aromatic heterocycles. The SMILES string of the molecule is CC(=O)C1C(C)=NC(=O)N(C(=O)Oc2ccc([N+](=O)[O-])cc2)C1c1ccc(F)cc1F. The number of Topliss-reactive ketones (excluding diaryl/α,β-unsaturated/α-hetero) is 1. The van der Waals surface area contributed by atoms with Crippen molar-refractivity contribution in [2.45, 2.75) is 19.9 Å². The lowest BCUT2D eigenvalue weighted by molar-refractivity contribution is -0.384. The van der Waals surface area contributed by atoms with E-state index in [0.717, 1.165) is 36.4 Å². The number of nitrogens with zero attached hydrogens (tertiary/aromatic N) is 3. The van der Waals surface area contributed by atoms with Crippen molar-refractivity contribution in [3.05, 3.63) is 69.8 Å². The van der Waals surface area contributed by atoms with E-state index in [-0.39, 0.29) is 22.7 Å². The van der Waals surface area contributed by atoms with E-state index in [0.29, 0.717) is 11.0 Å². The minimum Gasteiger partial charge on any atom is -0.410 e. The Hall–Kier alpha value is -4.02. The minimum atomic E-state index is -1.46. The molecule has 2 unspecified atom stereocenters. The first-order valence-corrected chi connectivity index (χ1v) is 8.90. The highest BCUT2D eigenvalue weighted by Gasteiger charge is 2.45. The van der Waals surface area contributed by atoms with Gasteiger partial charge in [-0.3, -0.25) is 14.9 Å². The molecular formula is C20H15F2N3O6. The molecule has 9 nitrogen and oxygen atoms in total. The molecule has 31 heavy (non-hydrogen) atoms. The zero-order valence-electron chi connectivity index (χ0n) is 16.2. The number of hydrogen-bond donors (Lipinski definition) is 0. The van der Waals surface area contributed by atoms with Gasteiger partial charge in [0.05, 0.1) is 16.9 Å². The first-order valence-electron chi connectivity index (χ1n) is 8.90. The molecule has 1 heterocycles. The van der Waals surface area contributed by atoms with Gasteiger partial charge in [0.1, 0.15) is 23.2 Å². The van der Waals surface area contributed by atoms with Crippen LogP contribution >= 0.6 is 0 Å². The first kappa shape index (κ1) is 21.7. The molecule has 0 spiro atoms. The molecule has 0 aliphatic carbocycles. The number of ketones is 1. The summed E-state index contributed by atoms with van der Waals surface area (Å²) in [4.78, 5) is 51.9. The van der Waals surface area contributed by atoms with Crippen molar-refractivity contribution in [2.75, 3.05) is 0 Å². The second-order valence-corrected chi connectivity index (χ2v) is 6.72. The van der Waals surface area contributed by atoms with Crippen LogP contribution in [0.1, 0.15) is 25.5 Å². The molecule has 0 N–H and O–H groups in total. The molecule has 1 aliphatic rings. The average molecular weight is 431 g/mol. The number of urea groups is 1. The van der Waals surface area contributed by atoms with E-state index in [1.165, 1.54) is 13.8 Å². The number of halogens is 2. The summed E-state index contributed by atoms with van der Waals surface area (Å²) in [6.45, 7) is 2.57. The van der Waals surface area contributed by atoms with Crippen LogP contribution in [0.5, 0.6) is 5.75 Å². The predicted molar refractivity (Wildman–Crippen MR) is 103 cm³/mol. The van der Waals surface area contributed by atoms with E-state index >= 15 is 0 Å². The van der Waals surface area contributed by atoms with Crippen LogP contribution in [0.15, 0.2) is 47.5 Å². The van der Waals surface area contributed by atoms with Crippen molar-refractivity contribution < 1.29 is 32.8 Å². The Bertz CT molecular complexity index is 1120. The highest BCUT2D eigenvalue weighted by atomic mass is 19.1. The molecule has 0 fully saturated rings. The third-order valence-corrected chi connectivity index (χ3v) is 4.69. The normalized spacial score (nSPS) is 18.4. The van der Waals surface area contributed by atoms with E-state index in [4.69, 9.17) is 4.74 Å². The molecule has 160 valence electrons. The molecule has 11 heteroatoms. The number of ether oxygens (including phenoxy) is 1. The maximum Gasteiger partial charge on any atom is 0.424 e. The highest BCUT2D eigenvalue weighted by molar-refractivity contribution is 6.12. The molecule has 2 aromatic rings. The molecule has 0 saturated heterocycles. The zero-order valence-corrected chi connectivity index (χ0v) is 16.2. The largest absolute Gasteiger partial charge is 0.424 e. The number of benzene rings is 2. The van der Waals surface area contributed by atoms with Crippen LogP contribution in [-0.2, 0) is 4.79 Å².